The molecule has 3 rings (SSSR count). The van der Waals surface area contributed by atoms with Crippen LogP contribution in [0.25, 0.3) is 0 Å². The predicted molar refractivity (Wildman–Crippen MR) is 90.6 cm³/mol. The maximum atomic E-state index is 13.0. The molecule has 1 saturated carbocycles. The van der Waals surface area contributed by atoms with Crippen molar-refractivity contribution < 1.29 is 18.4 Å². The summed E-state index contributed by atoms with van der Waals surface area (Å²) in [6.45, 7) is 6.05. The normalized spacial score (nSPS) is 22.6. The molecular formula is C18H23F2N3O2. The Balaban J connectivity index is 1.44. The number of nitrogens with zero attached hydrogens (tertiary/aromatic N) is 2. The summed E-state index contributed by atoms with van der Waals surface area (Å²) >= 11 is 0. The number of halogens is 2. The highest BCUT2D eigenvalue weighted by molar-refractivity contribution is 5.92. The van der Waals surface area contributed by atoms with E-state index in [9.17, 15) is 18.4 Å². The third kappa shape index (κ3) is 4.15. The van der Waals surface area contributed by atoms with Crippen LogP contribution in [0, 0.1) is 19.8 Å². The summed E-state index contributed by atoms with van der Waals surface area (Å²) in [5.74, 6) is -4.52. The molecule has 136 valence electrons. The molecule has 2 amide bonds. The van der Waals surface area contributed by atoms with E-state index in [4.69, 9.17) is 0 Å². The van der Waals surface area contributed by atoms with Gasteiger partial charge in [-0.05, 0) is 37.1 Å². The second kappa shape index (κ2) is 6.71. The van der Waals surface area contributed by atoms with Crippen LogP contribution in [-0.2, 0) is 9.59 Å². The van der Waals surface area contributed by atoms with Gasteiger partial charge in [-0.25, -0.2) is 8.78 Å². The highest BCUT2D eigenvalue weighted by Gasteiger charge is 2.62. The molecule has 1 saturated heterocycles. The summed E-state index contributed by atoms with van der Waals surface area (Å²) < 4.78 is 26.0. The maximum absolute atomic E-state index is 13.0. The summed E-state index contributed by atoms with van der Waals surface area (Å²) in [5.41, 5.74) is 3.04. The van der Waals surface area contributed by atoms with Gasteiger partial charge < -0.3 is 10.2 Å². The number of piperazine rings is 1. The molecule has 7 heteroatoms. The van der Waals surface area contributed by atoms with Crippen LogP contribution in [-0.4, -0.2) is 60.3 Å². The fourth-order valence-corrected chi connectivity index (χ4v) is 3.05. The van der Waals surface area contributed by atoms with Crippen molar-refractivity contribution in [1.82, 2.24) is 9.80 Å². The van der Waals surface area contributed by atoms with Gasteiger partial charge in [0, 0.05) is 38.3 Å². The SMILES string of the molecule is Cc1ccc(NC(=O)CN2CCN(C(=O)C3CC3(F)F)CC2)cc1C. The summed E-state index contributed by atoms with van der Waals surface area (Å²) in [7, 11) is 0. The van der Waals surface area contributed by atoms with Gasteiger partial charge in [0.1, 0.15) is 5.92 Å². The topological polar surface area (TPSA) is 52.7 Å². The van der Waals surface area contributed by atoms with Crippen LogP contribution in [0.4, 0.5) is 14.5 Å². The molecule has 25 heavy (non-hydrogen) atoms. The molecule has 1 heterocycles. The molecule has 1 aliphatic heterocycles. The number of hydrogen-bond acceptors (Lipinski definition) is 3. The Bertz CT molecular complexity index is 685. The first kappa shape index (κ1) is 17.8. The summed E-state index contributed by atoms with van der Waals surface area (Å²) in [4.78, 5) is 27.5. The number of rotatable bonds is 4. The zero-order valence-corrected chi connectivity index (χ0v) is 14.5. The van der Waals surface area contributed by atoms with Crippen molar-refractivity contribution in [2.75, 3.05) is 38.0 Å². The molecule has 1 unspecified atom stereocenters. The van der Waals surface area contributed by atoms with Crippen LogP contribution in [0.3, 0.4) is 0 Å². The fourth-order valence-electron chi connectivity index (χ4n) is 3.05. The number of alkyl halides is 2. The van der Waals surface area contributed by atoms with E-state index in [-0.39, 0.29) is 18.9 Å². The predicted octanol–water partition coefficient (Wildman–Crippen LogP) is 2.04. The largest absolute Gasteiger partial charge is 0.340 e. The smallest absolute Gasteiger partial charge is 0.260 e. The van der Waals surface area contributed by atoms with Crippen molar-refractivity contribution in [1.29, 1.82) is 0 Å². The van der Waals surface area contributed by atoms with Gasteiger partial charge in [0.15, 0.2) is 0 Å². The van der Waals surface area contributed by atoms with Gasteiger partial charge in [-0.2, -0.15) is 0 Å². The zero-order valence-electron chi connectivity index (χ0n) is 14.5. The van der Waals surface area contributed by atoms with Crippen LogP contribution >= 0.6 is 0 Å². The Labute approximate surface area is 146 Å². The number of carbonyl (C=O) groups excluding carboxylic acids is 2. The van der Waals surface area contributed by atoms with E-state index < -0.39 is 17.7 Å². The van der Waals surface area contributed by atoms with Crippen molar-refractivity contribution in [3.63, 3.8) is 0 Å². The van der Waals surface area contributed by atoms with Crippen LogP contribution < -0.4 is 5.32 Å². The van der Waals surface area contributed by atoms with Crippen LogP contribution in [0.1, 0.15) is 17.5 Å². The molecule has 0 aromatic heterocycles. The number of aryl methyl sites for hydroxylation is 2. The molecule has 0 radical (unpaired) electrons. The number of anilines is 1. The number of benzene rings is 1. The minimum absolute atomic E-state index is 0.114. The van der Waals surface area contributed by atoms with E-state index in [1.165, 1.54) is 10.5 Å². The van der Waals surface area contributed by atoms with Gasteiger partial charge in [0.25, 0.3) is 5.92 Å². The number of amides is 2. The molecular weight excluding hydrogens is 328 g/mol. The van der Waals surface area contributed by atoms with Gasteiger partial charge in [0.05, 0.1) is 6.54 Å². The number of carbonyl (C=O) groups is 2. The molecule has 1 atom stereocenters. The van der Waals surface area contributed by atoms with E-state index in [0.29, 0.717) is 26.2 Å². The lowest BCUT2D eigenvalue weighted by Gasteiger charge is -2.34. The average molecular weight is 351 g/mol. The highest BCUT2D eigenvalue weighted by Crippen LogP contribution is 2.49. The molecule has 5 nitrogen and oxygen atoms in total. The minimum atomic E-state index is -2.82. The van der Waals surface area contributed by atoms with E-state index >= 15 is 0 Å². The van der Waals surface area contributed by atoms with Gasteiger partial charge >= 0.3 is 0 Å². The molecule has 2 aliphatic rings. The molecule has 0 spiro atoms. The van der Waals surface area contributed by atoms with Crippen LogP contribution in [0.5, 0.6) is 0 Å². The Morgan fingerprint density at radius 1 is 1.16 bits per heavy atom. The summed E-state index contributed by atoms with van der Waals surface area (Å²) in [5, 5.41) is 2.87. The quantitative estimate of drug-likeness (QED) is 0.903. The van der Waals surface area contributed by atoms with Gasteiger partial charge in [-0.15, -0.1) is 0 Å². The first-order valence-corrected chi connectivity index (χ1v) is 8.52. The Kier molecular flexibility index (Phi) is 4.77. The van der Waals surface area contributed by atoms with Crippen molar-refractivity contribution in [3.05, 3.63) is 29.3 Å². The fraction of sp³-hybridized carbons (Fsp3) is 0.556. The molecule has 1 aliphatic carbocycles. The summed E-state index contributed by atoms with van der Waals surface area (Å²) in [6, 6.07) is 5.76. The lowest BCUT2D eigenvalue weighted by atomic mass is 10.1. The van der Waals surface area contributed by atoms with Gasteiger partial charge in [-0.3, -0.25) is 14.5 Å². The van der Waals surface area contributed by atoms with E-state index in [0.717, 1.165) is 11.3 Å². The highest BCUT2D eigenvalue weighted by atomic mass is 19.3. The third-order valence-corrected chi connectivity index (χ3v) is 4.97. The summed E-state index contributed by atoms with van der Waals surface area (Å²) in [6.07, 6.45) is -0.329. The van der Waals surface area contributed by atoms with Crippen LogP contribution in [0.15, 0.2) is 18.2 Å². The minimum Gasteiger partial charge on any atom is -0.340 e. The number of nitrogens with one attached hydrogen (secondary N) is 1. The molecule has 1 N–H and O–H groups in total. The Morgan fingerprint density at radius 3 is 2.36 bits per heavy atom. The lowest BCUT2D eigenvalue weighted by Crippen LogP contribution is -2.51. The standard InChI is InChI=1S/C18H23F2N3O2/c1-12-3-4-14(9-13(12)2)21-16(24)11-22-5-7-23(8-6-22)17(25)15-10-18(15,19)20/h3-4,9,15H,5-8,10-11H2,1-2H3,(H,21,24). The van der Waals surface area contributed by atoms with Crippen molar-refractivity contribution in [2.24, 2.45) is 5.92 Å². The maximum Gasteiger partial charge on any atom is 0.260 e. The average Bonchev–Trinajstić information content (AvgIpc) is 3.19. The molecule has 1 aromatic rings. The first-order valence-electron chi connectivity index (χ1n) is 8.52. The lowest BCUT2D eigenvalue weighted by molar-refractivity contribution is -0.136. The van der Waals surface area contributed by atoms with Crippen LogP contribution in [0.2, 0.25) is 0 Å². The zero-order chi connectivity index (χ0) is 18.2. The monoisotopic (exact) mass is 351 g/mol. The Morgan fingerprint density at radius 2 is 1.80 bits per heavy atom. The number of hydrogen-bond donors (Lipinski definition) is 1. The van der Waals surface area contributed by atoms with E-state index in [1.54, 1.807) is 0 Å². The first-order chi connectivity index (χ1) is 11.8. The van der Waals surface area contributed by atoms with Gasteiger partial charge in [0.2, 0.25) is 11.8 Å². The second-order valence-corrected chi connectivity index (χ2v) is 6.97. The van der Waals surface area contributed by atoms with Crippen molar-refractivity contribution in [3.8, 4) is 0 Å². The van der Waals surface area contributed by atoms with Crippen molar-refractivity contribution in [2.45, 2.75) is 26.2 Å². The molecule has 1 aromatic carbocycles. The van der Waals surface area contributed by atoms with E-state index in [2.05, 4.69) is 5.32 Å². The third-order valence-electron chi connectivity index (χ3n) is 4.97. The molecule has 2 fully saturated rings. The van der Waals surface area contributed by atoms with Crippen molar-refractivity contribution >= 4 is 17.5 Å². The molecule has 0 bridgehead atoms. The second-order valence-electron chi connectivity index (χ2n) is 6.97. The van der Waals surface area contributed by atoms with E-state index in [1.807, 2.05) is 36.9 Å². The Hall–Kier alpha value is -2.02. The van der Waals surface area contributed by atoms with Gasteiger partial charge in [-0.1, -0.05) is 6.07 Å².